The Balaban J connectivity index is 1.38. The number of ether oxygens (including phenoxy) is 5. The Labute approximate surface area is 301 Å². The van der Waals surface area contributed by atoms with Crippen LogP contribution in [0.4, 0.5) is 0 Å². The van der Waals surface area contributed by atoms with E-state index in [-0.39, 0.29) is 21.5 Å². The zero-order valence-corrected chi connectivity index (χ0v) is 29.6. The van der Waals surface area contributed by atoms with E-state index in [0.29, 0.717) is 32.6 Å². The van der Waals surface area contributed by atoms with Gasteiger partial charge in [-0.05, 0) is 28.6 Å². The summed E-state index contributed by atoms with van der Waals surface area (Å²) in [5.74, 6) is -0.567. The van der Waals surface area contributed by atoms with Crippen molar-refractivity contribution < 1.29 is 69.3 Å². The standard InChI is InChI=1S/C34H36Cl2O14Si/c1-51(2)29-15(7-9-17(21(29)35)46-32-27(43)25(41)23(39)19(11-37)48-32)34(14-6-4-3-5-13(14)31(45)50-34)16-8-10-18(22(36)30(16)51)47-33-28(44)26(42)24(40)20(12-38)49-33/h3-10,19-20,23-28,32-33,37-44H,11-12H2,1-2H3/t19-,20-,23+,24+,25+,26+,27-,28-,32-,33-/m1/s1. The number of aliphatic hydroxyl groups is 8. The summed E-state index contributed by atoms with van der Waals surface area (Å²) in [5, 5.41) is 83.2. The van der Waals surface area contributed by atoms with Crippen LogP contribution in [0.15, 0.2) is 48.5 Å². The minimum absolute atomic E-state index is 0.0152. The molecule has 0 amide bonds. The summed E-state index contributed by atoms with van der Waals surface area (Å²) < 4.78 is 29.5. The third-order valence-electron chi connectivity index (χ3n) is 10.2. The van der Waals surface area contributed by atoms with Gasteiger partial charge < -0.3 is 64.5 Å². The van der Waals surface area contributed by atoms with Crippen LogP contribution in [0, 0.1) is 0 Å². The molecular formula is C34H36Cl2O14Si. The number of esters is 1. The van der Waals surface area contributed by atoms with Crippen molar-refractivity contribution in [3.63, 3.8) is 0 Å². The molecule has 10 atom stereocenters. The van der Waals surface area contributed by atoms with Crippen molar-refractivity contribution in [3.8, 4) is 11.5 Å². The molecule has 4 aliphatic heterocycles. The van der Waals surface area contributed by atoms with Gasteiger partial charge in [-0.2, -0.15) is 0 Å². The van der Waals surface area contributed by atoms with Crippen LogP contribution in [0.3, 0.4) is 0 Å². The van der Waals surface area contributed by atoms with E-state index in [1.165, 1.54) is 12.1 Å². The van der Waals surface area contributed by atoms with Crippen molar-refractivity contribution in [2.24, 2.45) is 0 Å². The van der Waals surface area contributed by atoms with Gasteiger partial charge in [-0.3, -0.25) is 0 Å². The number of fused-ring (bicyclic) bond motifs is 6. The molecular weight excluding hydrogens is 731 g/mol. The van der Waals surface area contributed by atoms with Crippen LogP contribution < -0.4 is 19.8 Å². The molecule has 0 radical (unpaired) electrons. The maximum Gasteiger partial charge on any atom is 0.340 e. The van der Waals surface area contributed by atoms with Crippen molar-refractivity contribution in [1.82, 2.24) is 0 Å². The first-order chi connectivity index (χ1) is 24.2. The molecule has 0 bridgehead atoms. The largest absolute Gasteiger partial charge is 0.460 e. The highest BCUT2D eigenvalue weighted by atomic mass is 35.5. The van der Waals surface area contributed by atoms with Crippen molar-refractivity contribution in [2.75, 3.05) is 13.2 Å². The van der Waals surface area contributed by atoms with Gasteiger partial charge in [0.05, 0.1) is 28.8 Å². The van der Waals surface area contributed by atoms with Crippen LogP contribution in [-0.2, 0) is 19.8 Å². The molecule has 2 fully saturated rings. The summed E-state index contributed by atoms with van der Waals surface area (Å²) in [6.07, 6.45) is -15.6. The Morgan fingerprint density at radius 3 is 1.57 bits per heavy atom. The SMILES string of the molecule is C[Si]1(C)c2c(ccc(O[C@@H]3O[C@H](CO)[C@H](O)[C@H](O)[C@H]3O)c2Cl)C2(OC(=O)c3ccccc32)c2ccc(O[C@@H]3O[C@H](CO)[C@H](O)[C@H](O)[C@H]3O)c(Cl)c21. The summed E-state index contributed by atoms with van der Waals surface area (Å²) in [7, 11) is -3.16. The third-order valence-corrected chi connectivity index (χ3v) is 14.8. The molecule has 1 spiro atoms. The van der Waals surface area contributed by atoms with Gasteiger partial charge in [-0.15, -0.1) is 0 Å². The fraction of sp³-hybridized carbons (Fsp3) is 0.441. The average Bonchev–Trinajstić information content (AvgIpc) is 3.41. The molecule has 0 saturated carbocycles. The molecule has 3 aromatic rings. The molecule has 0 aliphatic carbocycles. The monoisotopic (exact) mass is 766 g/mol. The number of hydrogen-bond acceptors (Lipinski definition) is 14. The molecule has 3 aromatic carbocycles. The van der Waals surface area contributed by atoms with Gasteiger partial charge in [0.25, 0.3) is 0 Å². The summed E-state index contributed by atoms with van der Waals surface area (Å²) in [6, 6.07) is 13.2. The smallest absolute Gasteiger partial charge is 0.340 e. The Hall–Kier alpha value is -2.87. The van der Waals surface area contributed by atoms with Crippen LogP contribution >= 0.6 is 23.2 Å². The number of hydrogen-bond donors (Lipinski definition) is 8. The van der Waals surface area contributed by atoms with E-state index in [1.807, 2.05) is 13.1 Å². The minimum atomic E-state index is -3.16. The first-order valence-electron chi connectivity index (χ1n) is 16.1. The molecule has 0 aromatic heterocycles. The van der Waals surface area contributed by atoms with Gasteiger partial charge in [0.2, 0.25) is 12.6 Å². The predicted molar refractivity (Wildman–Crippen MR) is 180 cm³/mol. The lowest BCUT2D eigenvalue weighted by Gasteiger charge is -2.45. The van der Waals surface area contributed by atoms with Gasteiger partial charge in [-0.25, -0.2) is 4.79 Å². The topological polar surface area (TPSA) is 225 Å². The quantitative estimate of drug-likeness (QED) is 0.111. The van der Waals surface area contributed by atoms with E-state index in [0.717, 1.165) is 0 Å². The average molecular weight is 768 g/mol. The maximum absolute atomic E-state index is 13.5. The fourth-order valence-electron chi connectivity index (χ4n) is 7.57. The summed E-state index contributed by atoms with van der Waals surface area (Å²) in [4.78, 5) is 13.5. The fourth-order valence-corrected chi connectivity index (χ4v) is 12.9. The molecule has 51 heavy (non-hydrogen) atoms. The highest BCUT2D eigenvalue weighted by Gasteiger charge is 2.58. The first kappa shape index (κ1) is 36.5. The molecule has 17 heteroatoms. The van der Waals surface area contributed by atoms with E-state index in [4.69, 9.17) is 46.9 Å². The minimum Gasteiger partial charge on any atom is -0.460 e. The van der Waals surface area contributed by atoms with Gasteiger partial charge in [0.1, 0.15) is 68.4 Å². The first-order valence-corrected chi connectivity index (χ1v) is 19.9. The second-order valence-electron chi connectivity index (χ2n) is 13.5. The lowest BCUT2D eigenvalue weighted by atomic mass is 9.79. The summed E-state index contributed by atoms with van der Waals surface area (Å²) in [5.41, 5.74) is 0.313. The summed E-state index contributed by atoms with van der Waals surface area (Å²) in [6.45, 7) is 2.54. The molecule has 14 nitrogen and oxygen atoms in total. The van der Waals surface area contributed by atoms with Crippen molar-refractivity contribution >= 4 is 47.6 Å². The maximum atomic E-state index is 13.5. The second kappa shape index (κ2) is 13.2. The van der Waals surface area contributed by atoms with Gasteiger partial charge in [0.15, 0.2) is 5.60 Å². The van der Waals surface area contributed by atoms with Crippen molar-refractivity contribution in [2.45, 2.75) is 80.1 Å². The van der Waals surface area contributed by atoms with Gasteiger partial charge in [0, 0.05) is 16.7 Å². The van der Waals surface area contributed by atoms with E-state index in [1.54, 1.807) is 36.4 Å². The van der Waals surface area contributed by atoms with E-state index < -0.39 is 94.3 Å². The highest BCUT2D eigenvalue weighted by molar-refractivity contribution is 7.03. The normalized spacial score (nSPS) is 33.2. The molecule has 4 heterocycles. The molecule has 0 unspecified atom stereocenters. The van der Waals surface area contributed by atoms with E-state index >= 15 is 0 Å². The number of rotatable bonds is 6. The molecule has 4 aliphatic rings. The number of benzene rings is 3. The molecule has 2 saturated heterocycles. The zero-order valence-electron chi connectivity index (χ0n) is 27.1. The summed E-state index contributed by atoms with van der Waals surface area (Å²) >= 11 is 14.4. The molecule has 7 rings (SSSR count). The van der Waals surface area contributed by atoms with Crippen LogP contribution in [0.2, 0.25) is 23.1 Å². The Morgan fingerprint density at radius 1 is 0.667 bits per heavy atom. The lowest BCUT2D eigenvalue weighted by molar-refractivity contribution is -0.277. The number of carbonyl (C=O) groups excluding carboxylic acids is 1. The van der Waals surface area contributed by atoms with E-state index in [9.17, 15) is 45.6 Å². The Kier molecular flexibility index (Phi) is 9.45. The zero-order chi connectivity index (χ0) is 36.7. The van der Waals surface area contributed by atoms with Gasteiger partial charge >= 0.3 is 5.97 Å². The van der Waals surface area contributed by atoms with Crippen LogP contribution in [0.25, 0.3) is 0 Å². The number of halogens is 2. The predicted octanol–water partition coefficient (Wildman–Crippen LogP) is -1.05. The highest BCUT2D eigenvalue weighted by Crippen LogP contribution is 2.51. The van der Waals surface area contributed by atoms with Crippen molar-refractivity contribution in [3.05, 3.63) is 80.8 Å². The van der Waals surface area contributed by atoms with Crippen LogP contribution in [0.1, 0.15) is 27.0 Å². The van der Waals surface area contributed by atoms with Crippen LogP contribution in [0.5, 0.6) is 11.5 Å². The van der Waals surface area contributed by atoms with Gasteiger partial charge in [-0.1, -0.05) is 66.6 Å². The lowest BCUT2D eigenvalue weighted by Crippen LogP contribution is -2.64. The second-order valence-corrected chi connectivity index (χ2v) is 18.5. The third kappa shape index (κ3) is 5.42. The molecule has 274 valence electrons. The Morgan fingerprint density at radius 2 is 1.12 bits per heavy atom. The number of carbonyl (C=O) groups is 1. The van der Waals surface area contributed by atoms with Crippen molar-refractivity contribution in [1.29, 1.82) is 0 Å². The van der Waals surface area contributed by atoms with Crippen LogP contribution in [-0.4, -0.2) is 130 Å². The Bertz CT molecular complexity index is 1760. The van der Waals surface area contributed by atoms with E-state index in [2.05, 4.69) is 0 Å². The number of aliphatic hydroxyl groups excluding tert-OH is 8. The molecule has 8 N–H and O–H groups in total.